The number of methoxy groups -OCH3 is 1. The molecule has 12 heavy (non-hydrogen) atoms. The molecule has 0 aromatic carbocycles. The van der Waals surface area contributed by atoms with E-state index in [9.17, 15) is 0 Å². The van der Waals surface area contributed by atoms with Crippen LogP contribution in [0.1, 0.15) is 19.7 Å². The Balaban J connectivity index is 3.02. The maximum Gasteiger partial charge on any atom is 0.216 e. The lowest BCUT2D eigenvalue weighted by Gasteiger charge is -2.16. The fraction of sp³-hybridized carbons (Fsp3) is 0.500. The molecule has 0 bridgehead atoms. The largest absolute Gasteiger partial charge is 0.481 e. The molecule has 66 valence electrons. The molecule has 0 fully saturated rings. The van der Waals surface area contributed by atoms with Gasteiger partial charge >= 0.3 is 0 Å². The Morgan fingerprint density at radius 3 is 2.67 bits per heavy atom. The van der Waals surface area contributed by atoms with E-state index < -0.39 is 5.54 Å². The lowest BCUT2D eigenvalue weighted by Crippen LogP contribution is -2.31. The van der Waals surface area contributed by atoms with Crippen LogP contribution in [0.2, 0.25) is 0 Å². The number of nitrogens with two attached hydrogens (primary N) is 1. The second-order valence-corrected chi connectivity index (χ2v) is 3.14. The molecule has 0 unspecified atom stereocenters. The minimum absolute atomic E-state index is 0.519. The van der Waals surface area contributed by atoms with E-state index in [1.807, 2.05) is 13.8 Å². The van der Waals surface area contributed by atoms with Crippen molar-refractivity contribution in [2.45, 2.75) is 19.4 Å². The molecule has 0 saturated carbocycles. The van der Waals surface area contributed by atoms with Gasteiger partial charge in [0.05, 0.1) is 12.6 Å². The zero-order valence-electron chi connectivity index (χ0n) is 7.53. The van der Waals surface area contributed by atoms with E-state index >= 15 is 0 Å². The summed E-state index contributed by atoms with van der Waals surface area (Å²) in [6.07, 6.45) is 1.63. The molecule has 0 radical (unpaired) electrons. The molecule has 1 rings (SSSR count). The standard InChI is InChI=1S/C8H13N3O/c1-8(2,9)7-10-5-4-6(11-7)12-3/h4-5H,9H2,1-3H3. The Labute approximate surface area is 71.8 Å². The summed E-state index contributed by atoms with van der Waals surface area (Å²) in [6.45, 7) is 3.70. The van der Waals surface area contributed by atoms with Gasteiger partial charge in [0.2, 0.25) is 5.88 Å². The number of ether oxygens (including phenoxy) is 1. The summed E-state index contributed by atoms with van der Waals surface area (Å²) in [5, 5.41) is 0. The number of rotatable bonds is 2. The average molecular weight is 167 g/mol. The minimum Gasteiger partial charge on any atom is -0.481 e. The van der Waals surface area contributed by atoms with Crippen LogP contribution in [0.5, 0.6) is 5.88 Å². The highest BCUT2D eigenvalue weighted by Crippen LogP contribution is 2.13. The smallest absolute Gasteiger partial charge is 0.216 e. The maximum atomic E-state index is 5.80. The van der Waals surface area contributed by atoms with Crippen LogP contribution in [0.4, 0.5) is 0 Å². The Kier molecular flexibility index (Phi) is 2.28. The van der Waals surface area contributed by atoms with Gasteiger partial charge in [0.1, 0.15) is 0 Å². The first-order valence-corrected chi connectivity index (χ1v) is 3.70. The first kappa shape index (κ1) is 8.93. The summed E-state index contributed by atoms with van der Waals surface area (Å²) in [7, 11) is 1.57. The van der Waals surface area contributed by atoms with Gasteiger partial charge in [-0.05, 0) is 13.8 Å². The van der Waals surface area contributed by atoms with Gasteiger partial charge in [-0.3, -0.25) is 0 Å². The molecule has 4 heteroatoms. The molecule has 0 aliphatic carbocycles. The Morgan fingerprint density at radius 1 is 1.50 bits per heavy atom. The van der Waals surface area contributed by atoms with Crippen LogP contribution in [-0.4, -0.2) is 17.1 Å². The van der Waals surface area contributed by atoms with Gasteiger partial charge in [-0.1, -0.05) is 0 Å². The molecular weight excluding hydrogens is 154 g/mol. The monoisotopic (exact) mass is 167 g/mol. The summed E-state index contributed by atoms with van der Waals surface area (Å²) in [5.41, 5.74) is 5.28. The lowest BCUT2D eigenvalue weighted by molar-refractivity contribution is 0.387. The zero-order chi connectivity index (χ0) is 9.19. The van der Waals surface area contributed by atoms with Crippen molar-refractivity contribution in [3.63, 3.8) is 0 Å². The fourth-order valence-electron chi connectivity index (χ4n) is 0.766. The summed E-state index contributed by atoms with van der Waals surface area (Å²) < 4.78 is 4.94. The van der Waals surface area contributed by atoms with Crippen LogP contribution in [0, 0.1) is 0 Å². The van der Waals surface area contributed by atoms with E-state index in [1.165, 1.54) is 0 Å². The average Bonchev–Trinajstić information content (AvgIpc) is 2.03. The topological polar surface area (TPSA) is 61.0 Å². The van der Waals surface area contributed by atoms with Crippen molar-refractivity contribution in [2.75, 3.05) is 7.11 Å². The van der Waals surface area contributed by atoms with Crippen LogP contribution in [0.15, 0.2) is 12.3 Å². The minimum atomic E-state index is -0.519. The van der Waals surface area contributed by atoms with Crippen molar-refractivity contribution < 1.29 is 4.74 Å². The second kappa shape index (κ2) is 3.06. The summed E-state index contributed by atoms with van der Waals surface area (Å²) in [4.78, 5) is 8.15. The highest BCUT2D eigenvalue weighted by Gasteiger charge is 2.17. The summed E-state index contributed by atoms with van der Waals surface area (Å²) in [6, 6.07) is 1.69. The predicted octanol–water partition coefficient (Wildman–Crippen LogP) is 0.679. The SMILES string of the molecule is COc1ccnc(C(C)(C)N)n1. The van der Waals surface area contributed by atoms with Gasteiger partial charge in [-0.15, -0.1) is 0 Å². The van der Waals surface area contributed by atoms with Crippen LogP contribution in [0.25, 0.3) is 0 Å². The van der Waals surface area contributed by atoms with Crippen LogP contribution in [-0.2, 0) is 5.54 Å². The van der Waals surface area contributed by atoms with E-state index in [0.717, 1.165) is 0 Å². The molecule has 2 N–H and O–H groups in total. The fourth-order valence-corrected chi connectivity index (χ4v) is 0.766. The Hall–Kier alpha value is -1.16. The number of aromatic nitrogens is 2. The molecule has 0 amide bonds. The second-order valence-electron chi connectivity index (χ2n) is 3.14. The van der Waals surface area contributed by atoms with Crippen molar-refractivity contribution in [1.82, 2.24) is 9.97 Å². The molecule has 4 nitrogen and oxygen atoms in total. The van der Waals surface area contributed by atoms with Crippen molar-refractivity contribution >= 4 is 0 Å². The molecule has 0 atom stereocenters. The molecule has 0 aliphatic rings. The van der Waals surface area contributed by atoms with Gasteiger partial charge < -0.3 is 10.5 Å². The van der Waals surface area contributed by atoms with E-state index in [4.69, 9.17) is 10.5 Å². The van der Waals surface area contributed by atoms with Crippen molar-refractivity contribution in [3.05, 3.63) is 18.1 Å². The number of nitrogens with zero attached hydrogens (tertiary/aromatic N) is 2. The van der Waals surface area contributed by atoms with Crippen LogP contribution < -0.4 is 10.5 Å². The summed E-state index contributed by atoms with van der Waals surface area (Å²) in [5.74, 6) is 1.13. The quantitative estimate of drug-likeness (QED) is 0.703. The molecule has 0 aliphatic heterocycles. The third-order valence-electron chi connectivity index (χ3n) is 1.42. The third kappa shape index (κ3) is 1.92. The van der Waals surface area contributed by atoms with Gasteiger partial charge in [-0.2, -0.15) is 4.98 Å². The first-order chi connectivity index (χ1) is 5.54. The van der Waals surface area contributed by atoms with Crippen molar-refractivity contribution in [2.24, 2.45) is 5.73 Å². The molecule has 0 spiro atoms. The van der Waals surface area contributed by atoms with E-state index in [0.29, 0.717) is 11.7 Å². The predicted molar refractivity (Wildman–Crippen MR) is 45.8 cm³/mol. The molecule has 1 aromatic heterocycles. The first-order valence-electron chi connectivity index (χ1n) is 3.70. The van der Waals surface area contributed by atoms with E-state index in [1.54, 1.807) is 19.4 Å². The Morgan fingerprint density at radius 2 is 2.17 bits per heavy atom. The molecular formula is C8H13N3O. The molecule has 1 heterocycles. The van der Waals surface area contributed by atoms with Gasteiger partial charge in [-0.25, -0.2) is 4.98 Å². The summed E-state index contributed by atoms with van der Waals surface area (Å²) >= 11 is 0. The van der Waals surface area contributed by atoms with Gasteiger partial charge in [0, 0.05) is 12.3 Å². The highest BCUT2D eigenvalue weighted by atomic mass is 16.5. The van der Waals surface area contributed by atoms with E-state index in [2.05, 4.69) is 9.97 Å². The lowest BCUT2D eigenvalue weighted by atomic mass is 10.1. The third-order valence-corrected chi connectivity index (χ3v) is 1.42. The van der Waals surface area contributed by atoms with Gasteiger partial charge in [0.15, 0.2) is 5.82 Å². The van der Waals surface area contributed by atoms with Crippen LogP contribution >= 0.6 is 0 Å². The van der Waals surface area contributed by atoms with Gasteiger partial charge in [0.25, 0.3) is 0 Å². The van der Waals surface area contributed by atoms with Crippen molar-refractivity contribution in [1.29, 1.82) is 0 Å². The highest BCUT2D eigenvalue weighted by molar-refractivity contribution is 5.12. The van der Waals surface area contributed by atoms with Crippen molar-refractivity contribution in [3.8, 4) is 5.88 Å². The number of hydrogen-bond donors (Lipinski definition) is 1. The normalized spacial score (nSPS) is 11.3. The maximum absolute atomic E-state index is 5.80. The van der Waals surface area contributed by atoms with E-state index in [-0.39, 0.29) is 0 Å². The number of hydrogen-bond acceptors (Lipinski definition) is 4. The molecule has 1 aromatic rings. The molecule has 0 saturated heterocycles. The Bertz CT molecular complexity index is 267. The zero-order valence-corrected chi connectivity index (χ0v) is 7.53. The van der Waals surface area contributed by atoms with Crippen LogP contribution in [0.3, 0.4) is 0 Å².